The van der Waals surface area contributed by atoms with Crippen LogP contribution in [0.2, 0.25) is 0 Å². The Kier molecular flexibility index (Phi) is 3.22. The van der Waals surface area contributed by atoms with Gasteiger partial charge in [0.15, 0.2) is 11.5 Å². The topological polar surface area (TPSA) is 84.9 Å². The second-order valence-electron chi connectivity index (χ2n) is 2.82. The molecule has 0 heterocycles. The lowest BCUT2D eigenvalue weighted by atomic mass is 10.1. The van der Waals surface area contributed by atoms with Crippen molar-refractivity contribution in [2.45, 2.75) is 6.92 Å². The van der Waals surface area contributed by atoms with Crippen LogP contribution in [0.4, 0.5) is 11.4 Å². The number of nitro groups is 1. The van der Waals surface area contributed by atoms with Gasteiger partial charge in [0.1, 0.15) is 0 Å². The Morgan fingerprint density at radius 2 is 2.13 bits per heavy atom. The van der Waals surface area contributed by atoms with Crippen molar-refractivity contribution in [3.8, 4) is 0 Å². The number of carbonyl (C=O) groups excluding carboxylic acids is 1. The van der Waals surface area contributed by atoms with E-state index in [-0.39, 0.29) is 22.7 Å². The zero-order valence-electron chi connectivity index (χ0n) is 8.30. The molecule has 0 unspecified atom stereocenters. The summed E-state index contributed by atoms with van der Waals surface area (Å²) in [6.07, 6.45) is 0. The predicted octanol–water partition coefficient (Wildman–Crippen LogP) is 2.51. The Morgan fingerprint density at radius 3 is 2.60 bits per heavy atom. The molecule has 0 saturated carbocycles. The lowest BCUT2D eigenvalue weighted by Crippen LogP contribution is -1.95. The van der Waals surface area contributed by atoms with E-state index in [4.69, 9.17) is 0 Å². The first-order valence-electron chi connectivity index (χ1n) is 4.15. The predicted molar refractivity (Wildman–Crippen MR) is 53.5 cm³/mol. The second-order valence-corrected chi connectivity index (χ2v) is 2.82. The zero-order valence-corrected chi connectivity index (χ0v) is 8.30. The van der Waals surface area contributed by atoms with Gasteiger partial charge in [-0.2, -0.15) is 5.11 Å². The molecule has 1 aromatic rings. The fraction of sp³-hybridized carbons (Fsp3) is 0.222. The number of Topliss-reactive ketones (excluding diaryl/α,β-unsaturated/α-hetero) is 1. The average molecular weight is 207 g/mol. The number of nitrogens with zero attached hydrogens (tertiary/aromatic N) is 3. The van der Waals surface area contributed by atoms with Gasteiger partial charge in [-0.05, 0) is 19.1 Å². The van der Waals surface area contributed by atoms with E-state index in [1.807, 2.05) is 0 Å². The maximum absolute atomic E-state index is 11.0. The molecule has 0 aliphatic heterocycles. The number of carbonyl (C=O) groups is 1. The van der Waals surface area contributed by atoms with Gasteiger partial charge < -0.3 is 0 Å². The molecule has 78 valence electrons. The van der Waals surface area contributed by atoms with Gasteiger partial charge in [0.05, 0.1) is 4.92 Å². The Balaban J connectivity index is 3.33. The lowest BCUT2D eigenvalue weighted by Gasteiger charge is -1.98. The molecule has 15 heavy (non-hydrogen) atoms. The minimum Gasteiger partial charge on any atom is -0.295 e. The molecule has 0 aromatic heterocycles. The van der Waals surface area contributed by atoms with Crippen LogP contribution in [0.1, 0.15) is 17.3 Å². The van der Waals surface area contributed by atoms with Crippen molar-refractivity contribution >= 4 is 17.2 Å². The van der Waals surface area contributed by atoms with Gasteiger partial charge in [0.25, 0.3) is 5.69 Å². The average Bonchev–Trinajstić information content (AvgIpc) is 2.18. The third kappa shape index (κ3) is 2.43. The summed E-state index contributed by atoms with van der Waals surface area (Å²) in [5, 5.41) is 17.7. The van der Waals surface area contributed by atoms with Gasteiger partial charge in [-0.3, -0.25) is 14.9 Å². The second kappa shape index (κ2) is 4.41. The molecule has 0 bridgehead atoms. The fourth-order valence-corrected chi connectivity index (χ4v) is 1.08. The smallest absolute Gasteiger partial charge is 0.295 e. The van der Waals surface area contributed by atoms with E-state index in [2.05, 4.69) is 10.2 Å². The third-order valence-electron chi connectivity index (χ3n) is 1.79. The first-order valence-corrected chi connectivity index (χ1v) is 4.15. The molecule has 0 aliphatic rings. The van der Waals surface area contributed by atoms with Crippen LogP contribution < -0.4 is 0 Å². The Bertz CT molecular complexity index is 440. The highest BCUT2D eigenvalue weighted by Gasteiger charge is 2.15. The number of hydrogen-bond acceptors (Lipinski definition) is 5. The van der Waals surface area contributed by atoms with Crippen LogP contribution in [-0.2, 0) is 0 Å². The Morgan fingerprint density at radius 1 is 1.47 bits per heavy atom. The van der Waals surface area contributed by atoms with Gasteiger partial charge in [0, 0.05) is 18.7 Å². The van der Waals surface area contributed by atoms with Crippen LogP contribution in [0, 0.1) is 10.1 Å². The lowest BCUT2D eigenvalue weighted by molar-refractivity contribution is -0.384. The minimum atomic E-state index is -0.587. The molecular weight excluding hydrogens is 198 g/mol. The summed E-state index contributed by atoms with van der Waals surface area (Å²) < 4.78 is 0. The van der Waals surface area contributed by atoms with E-state index in [9.17, 15) is 14.9 Å². The number of azo groups is 1. The molecule has 0 radical (unpaired) electrons. The van der Waals surface area contributed by atoms with Crippen molar-refractivity contribution in [3.05, 3.63) is 33.9 Å². The van der Waals surface area contributed by atoms with Gasteiger partial charge in [-0.15, -0.1) is 5.11 Å². The number of hydrogen-bond donors (Lipinski definition) is 0. The molecule has 1 aromatic carbocycles. The summed E-state index contributed by atoms with van der Waals surface area (Å²) in [5.74, 6) is -0.224. The molecule has 1 rings (SSSR count). The zero-order chi connectivity index (χ0) is 11.4. The highest BCUT2D eigenvalue weighted by Crippen LogP contribution is 2.28. The third-order valence-corrected chi connectivity index (χ3v) is 1.79. The summed E-state index contributed by atoms with van der Waals surface area (Å²) in [6, 6.07) is 4.09. The molecule has 0 N–H and O–H groups in total. The number of nitro benzene ring substituents is 1. The van der Waals surface area contributed by atoms with E-state index in [1.54, 1.807) is 0 Å². The number of ketones is 1. The van der Waals surface area contributed by atoms with E-state index in [0.717, 1.165) is 0 Å². The van der Waals surface area contributed by atoms with Crippen LogP contribution in [0.3, 0.4) is 0 Å². The quantitative estimate of drug-likeness (QED) is 0.330. The number of benzene rings is 1. The van der Waals surface area contributed by atoms with Crippen LogP contribution >= 0.6 is 0 Å². The SMILES string of the molecule is CN=Nc1ccc(C(C)=O)cc1[N+](=O)[O-]. The van der Waals surface area contributed by atoms with E-state index < -0.39 is 4.92 Å². The fourth-order valence-electron chi connectivity index (χ4n) is 1.08. The Hall–Kier alpha value is -2.11. The number of rotatable bonds is 3. The van der Waals surface area contributed by atoms with E-state index in [1.165, 1.54) is 32.2 Å². The van der Waals surface area contributed by atoms with Crippen LogP contribution in [0.5, 0.6) is 0 Å². The largest absolute Gasteiger partial charge is 0.297 e. The monoisotopic (exact) mass is 207 g/mol. The molecular formula is C9H9N3O3. The van der Waals surface area contributed by atoms with Gasteiger partial charge in [-0.25, -0.2) is 0 Å². The van der Waals surface area contributed by atoms with Crippen LogP contribution in [0.25, 0.3) is 0 Å². The van der Waals surface area contributed by atoms with Gasteiger partial charge in [0.2, 0.25) is 0 Å². The van der Waals surface area contributed by atoms with Crippen molar-refractivity contribution in [1.82, 2.24) is 0 Å². The standard InChI is InChI=1S/C9H9N3O3/c1-6(13)7-3-4-8(11-10-2)9(5-7)12(14)15/h3-5H,1-2H3. The first-order chi connectivity index (χ1) is 7.06. The van der Waals surface area contributed by atoms with Crippen molar-refractivity contribution in [2.24, 2.45) is 10.2 Å². The normalized spacial score (nSPS) is 10.5. The summed E-state index contributed by atoms with van der Waals surface area (Å²) in [4.78, 5) is 21.1. The van der Waals surface area contributed by atoms with E-state index in [0.29, 0.717) is 0 Å². The maximum Gasteiger partial charge on any atom is 0.297 e. The highest BCUT2D eigenvalue weighted by molar-refractivity contribution is 5.95. The van der Waals surface area contributed by atoms with Crippen molar-refractivity contribution in [2.75, 3.05) is 7.05 Å². The molecule has 0 amide bonds. The molecule has 0 saturated heterocycles. The molecule has 0 fully saturated rings. The molecule has 6 nitrogen and oxygen atoms in total. The first kappa shape index (κ1) is 11.0. The summed E-state index contributed by atoms with van der Waals surface area (Å²) in [7, 11) is 1.42. The summed E-state index contributed by atoms with van der Waals surface area (Å²) >= 11 is 0. The van der Waals surface area contributed by atoms with Crippen LogP contribution in [0.15, 0.2) is 28.4 Å². The highest BCUT2D eigenvalue weighted by atomic mass is 16.6. The van der Waals surface area contributed by atoms with Gasteiger partial charge in [-0.1, -0.05) is 0 Å². The Labute approximate surface area is 85.8 Å². The van der Waals surface area contributed by atoms with Crippen molar-refractivity contribution < 1.29 is 9.72 Å². The van der Waals surface area contributed by atoms with Crippen molar-refractivity contribution in [1.29, 1.82) is 0 Å². The molecule has 6 heteroatoms. The molecule has 0 atom stereocenters. The van der Waals surface area contributed by atoms with Crippen LogP contribution in [-0.4, -0.2) is 17.8 Å². The minimum absolute atomic E-state index is 0.146. The maximum atomic E-state index is 11.0. The van der Waals surface area contributed by atoms with Gasteiger partial charge >= 0.3 is 0 Å². The summed E-state index contributed by atoms with van der Waals surface area (Å²) in [6.45, 7) is 1.35. The van der Waals surface area contributed by atoms with Crippen molar-refractivity contribution in [3.63, 3.8) is 0 Å². The van der Waals surface area contributed by atoms with E-state index >= 15 is 0 Å². The molecule has 0 aliphatic carbocycles. The summed E-state index contributed by atoms with van der Waals surface area (Å²) in [5.41, 5.74) is 0.220. The molecule has 0 spiro atoms.